The van der Waals surface area contributed by atoms with Crippen LogP contribution in [0.4, 0.5) is 0 Å². The van der Waals surface area contributed by atoms with E-state index in [0.29, 0.717) is 5.41 Å². The number of fused-ring (bicyclic) bond motifs is 1. The highest BCUT2D eigenvalue weighted by Gasteiger charge is 2.35. The van der Waals surface area contributed by atoms with Crippen LogP contribution in [0.25, 0.3) is 0 Å². The Morgan fingerprint density at radius 2 is 1.58 bits per heavy atom. The zero-order valence-corrected chi connectivity index (χ0v) is 8.60. The maximum atomic E-state index is 2.46. The molecule has 70 valence electrons. The van der Waals surface area contributed by atoms with Crippen molar-refractivity contribution in [3.8, 4) is 0 Å². The lowest BCUT2D eigenvalue weighted by Gasteiger charge is -2.43. The molecule has 0 nitrogen and oxygen atoms in total. The Bertz CT molecular complexity index is 157. The van der Waals surface area contributed by atoms with Crippen LogP contribution in [0.3, 0.4) is 0 Å². The number of hydrogen-bond donors (Lipinski definition) is 0. The van der Waals surface area contributed by atoms with E-state index in [9.17, 15) is 0 Å². The highest BCUT2D eigenvalue weighted by molar-refractivity contribution is 4.86. The van der Waals surface area contributed by atoms with Gasteiger partial charge in [-0.15, -0.1) is 0 Å². The van der Waals surface area contributed by atoms with Crippen molar-refractivity contribution < 1.29 is 0 Å². The summed E-state index contributed by atoms with van der Waals surface area (Å²) in [5, 5.41) is 0. The van der Waals surface area contributed by atoms with Crippen LogP contribution in [0.15, 0.2) is 0 Å². The minimum absolute atomic E-state index is 0.665. The topological polar surface area (TPSA) is 0 Å². The summed E-state index contributed by atoms with van der Waals surface area (Å²) in [4.78, 5) is 0. The van der Waals surface area contributed by atoms with E-state index in [0.717, 1.165) is 11.8 Å². The standard InChI is InChI=1S/C12H22/c1-12(2)8-7-10-5-3-4-6-11(10)9-12/h10-11H,3-9H2,1-2H3. The minimum Gasteiger partial charge on any atom is -0.0599 e. The summed E-state index contributed by atoms with van der Waals surface area (Å²) < 4.78 is 0. The second-order valence-electron chi connectivity index (χ2n) is 5.71. The largest absolute Gasteiger partial charge is 0.0599 e. The Hall–Kier alpha value is 0. The van der Waals surface area contributed by atoms with Crippen molar-refractivity contribution in [2.75, 3.05) is 0 Å². The van der Waals surface area contributed by atoms with Gasteiger partial charge in [0.2, 0.25) is 0 Å². The van der Waals surface area contributed by atoms with Crippen LogP contribution < -0.4 is 0 Å². The molecule has 2 atom stereocenters. The van der Waals surface area contributed by atoms with Crippen LogP contribution in [-0.2, 0) is 0 Å². The first-order valence-electron chi connectivity index (χ1n) is 5.67. The smallest absolute Gasteiger partial charge is 0.0351 e. The molecule has 0 N–H and O–H groups in total. The summed E-state index contributed by atoms with van der Waals surface area (Å²) >= 11 is 0. The molecule has 2 rings (SSSR count). The van der Waals surface area contributed by atoms with Gasteiger partial charge < -0.3 is 0 Å². The van der Waals surface area contributed by atoms with Crippen molar-refractivity contribution >= 4 is 0 Å². The van der Waals surface area contributed by atoms with E-state index < -0.39 is 0 Å². The molecule has 0 aliphatic heterocycles. The molecule has 2 aliphatic carbocycles. The molecule has 0 aromatic rings. The van der Waals surface area contributed by atoms with Crippen LogP contribution in [0.5, 0.6) is 0 Å². The lowest BCUT2D eigenvalue weighted by molar-refractivity contribution is 0.0833. The van der Waals surface area contributed by atoms with Gasteiger partial charge in [0.25, 0.3) is 0 Å². The number of rotatable bonds is 0. The summed E-state index contributed by atoms with van der Waals surface area (Å²) in [6.45, 7) is 4.91. The fourth-order valence-corrected chi connectivity index (χ4v) is 3.32. The Kier molecular flexibility index (Phi) is 2.18. The van der Waals surface area contributed by atoms with Gasteiger partial charge in [-0.25, -0.2) is 0 Å². The first-order chi connectivity index (χ1) is 5.67. The zero-order chi connectivity index (χ0) is 8.60. The molecule has 0 bridgehead atoms. The van der Waals surface area contributed by atoms with Crippen molar-refractivity contribution in [3.63, 3.8) is 0 Å². The van der Waals surface area contributed by atoms with Crippen molar-refractivity contribution in [3.05, 3.63) is 0 Å². The first-order valence-corrected chi connectivity index (χ1v) is 5.67. The van der Waals surface area contributed by atoms with Crippen LogP contribution in [0.1, 0.15) is 58.8 Å². The Morgan fingerprint density at radius 3 is 2.33 bits per heavy atom. The highest BCUT2D eigenvalue weighted by Crippen LogP contribution is 2.47. The van der Waals surface area contributed by atoms with Gasteiger partial charge in [-0.1, -0.05) is 39.5 Å². The maximum Gasteiger partial charge on any atom is -0.0351 e. The molecule has 0 amide bonds. The molecular weight excluding hydrogens is 144 g/mol. The second kappa shape index (κ2) is 3.05. The van der Waals surface area contributed by atoms with Gasteiger partial charge in [-0.2, -0.15) is 0 Å². The van der Waals surface area contributed by atoms with Gasteiger partial charge in [0, 0.05) is 0 Å². The molecule has 0 aromatic heterocycles. The van der Waals surface area contributed by atoms with E-state index in [1.807, 2.05) is 0 Å². The van der Waals surface area contributed by atoms with E-state index in [4.69, 9.17) is 0 Å². The third kappa shape index (κ3) is 1.67. The van der Waals surface area contributed by atoms with Gasteiger partial charge in [0.05, 0.1) is 0 Å². The molecule has 2 aliphatic rings. The van der Waals surface area contributed by atoms with E-state index in [-0.39, 0.29) is 0 Å². The molecule has 0 spiro atoms. The van der Waals surface area contributed by atoms with Crippen LogP contribution >= 0.6 is 0 Å². The molecular formula is C12H22. The quantitative estimate of drug-likeness (QED) is 0.510. The average molecular weight is 166 g/mol. The summed E-state index contributed by atoms with van der Waals surface area (Å²) in [5.41, 5.74) is 0.665. The van der Waals surface area contributed by atoms with Gasteiger partial charge in [0.15, 0.2) is 0 Å². The molecule has 0 radical (unpaired) electrons. The van der Waals surface area contributed by atoms with E-state index in [1.54, 1.807) is 6.42 Å². The average Bonchev–Trinajstić information content (AvgIpc) is 2.02. The Balaban J connectivity index is 1.99. The summed E-state index contributed by atoms with van der Waals surface area (Å²) in [6.07, 6.45) is 10.6. The van der Waals surface area contributed by atoms with E-state index in [2.05, 4.69) is 13.8 Å². The van der Waals surface area contributed by atoms with Crippen LogP contribution in [0, 0.1) is 17.3 Å². The third-order valence-corrected chi connectivity index (χ3v) is 4.07. The van der Waals surface area contributed by atoms with E-state index >= 15 is 0 Å². The fourth-order valence-electron chi connectivity index (χ4n) is 3.32. The predicted octanol–water partition coefficient (Wildman–Crippen LogP) is 4.00. The lowest BCUT2D eigenvalue weighted by atomic mass is 9.63. The van der Waals surface area contributed by atoms with E-state index in [1.165, 1.54) is 38.5 Å². The summed E-state index contributed by atoms with van der Waals surface area (Å²) in [6, 6.07) is 0. The summed E-state index contributed by atoms with van der Waals surface area (Å²) in [5.74, 6) is 2.22. The van der Waals surface area contributed by atoms with Crippen LogP contribution in [0.2, 0.25) is 0 Å². The molecule has 0 saturated heterocycles. The normalized spacial score (nSPS) is 40.5. The van der Waals surface area contributed by atoms with Crippen molar-refractivity contribution in [1.82, 2.24) is 0 Å². The van der Waals surface area contributed by atoms with Gasteiger partial charge in [-0.05, 0) is 36.5 Å². The Labute approximate surface area is 76.7 Å². The molecule has 0 heteroatoms. The van der Waals surface area contributed by atoms with Crippen molar-refractivity contribution in [1.29, 1.82) is 0 Å². The lowest BCUT2D eigenvalue weighted by Crippen LogP contribution is -2.31. The second-order valence-corrected chi connectivity index (χ2v) is 5.71. The molecule has 2 unspecified atom stereocenters. The summed E-state index contributed by atoms with van der Waals surface area (Å²) in [7, 11) is 0. The van der Waals surface area contributed by atoms with Crippen LogP contribution in [-0.4, -0.2) is 0 Å². The van der Waals surface area contributed by atoms with Gasteiger partial charge >= 0.3 is 0 Å². The van der Waals surface area contributed by atoms with Crippen molar-refractivity contribution in [2.24, 2.45) is 17.3 Å². The maximum absolute atomic E-state index is 2.46. The number of hydrogen-bond acceptors (Lipinski definition) is 0. The molecule has 2 fully saturated rings. The molecule has 2 saturated carbocycles. The fraction of sp³-hybridized carbons (Fsp3) is 1.00. The monoisotopic (exact) mass is 166 g/mol. The van der Waals surface area contributed by atoms with Gasteiger partial charge in [0.1, 0.15) is 0 Å². The Morgan fingerprint density at radius 1 is 0.917 bits per heavy atom. The van der Waals surface area contributed by atoms with Crippen molar-refractivity contribution in [2.45, 2.75) is 58.8 Å². The zero-order valence-electron chi connectivity index (χ0n) is 8.60. The van der Waals surface area contributed by atoms with Gasteiger partial charge in [-0.3, -0.25) is 0 Å². The third-order valence-electron chi connectivity index (χ3n) is 4.07. The molecule has 0 aromatic carbocycles. The highest BCUT2D eigenvalue weighted by atomic mass is 14.4. The first kappa shape index (κ1) is 8.59. The minimum atomic E-state index is 0.665. The molecule has 0 heterocycles. The predicted molar refractivity (Wildman–Crippen MR) is 53.1 cm³/mol. The SMILES string of the molecule is CC1(C)CCC2CCCCC2C1. The molecule has 12 heavy (non-hydrogen) atoms.